The maximum Gasteiger partial charge on any atom is 0.419 e. The van der Waals surface area contributed by atoms with Gasteiger partial charge in [-0.3, -0.25) is 9.36 Å². The summed E-state index contributed by atoms with van der Waals surface area (Å²) in [5, 5.41) is 4.46. The van der Waals surface area contributed by atoms with Crippen LogP contribution in [0.4, 0.5) is 0 Å². The summed E-state index contributed by atoms with van der Waals surface area (Å²) in [4.78, 5) is 24.1. The summed E-state index contributed by atoms with van der Waals surface area (Å²) in [6.45, 7) is 4.35. The van der Waals surface area contributed by atoms with Gasteiger partial charge in [0, 0.05) is 12.2 Å². The van der Waals surface area contributed by atoms with E-state index >= 15 is 0 Å². The Balaban J connectivity index is 1.34. The van der Waals surface area contributed by atoms with Gasteiger partial charge in [-0.15, -0.1) is 0 Å². The Morgan fingerprint density at radius 2 is 1.86 bits per heavy atom. The number of fused-ring (bicyclic) bond motifs is 1. The lowest BCUT2D eigenvalue weighted by atomic mass is 10.2. The van der Waals surface area contributed by atoms with E-state index in [0.29, 0.717) is 11.1 Å². The van der Waals surface area contributed by atoms with E-state index in [0.717, 1.165) is 22.6 Å². The van der Waals surface area contributed by atoms with Gasteiger partial charge in [0.1, 0.15) is 6.61 Å². The fraction of sp³-hybridized carbons (Fsp3) is 0.227. The number of hydrogen-bond donors (Lipinski definition) is 0. The summed E-state index contributed by atoms with van der Waals surface area (Å²) in [5.74, 6) is -0.844. The molecule has 148 valence electrons. The second-order valence-corrected chi connectivity index (χ2v) is 6.90. The Kier molecular flexibility index (Phi) is 5.03. The van der Waals surface area contributed by atoms with Crippen LogP contribution in [0.3, 0.4) is 0 Å². The van der Waals surface area contributed by atoms with Crippen molar-refractivity contribution in [3.8, 4) is 5.69 Å². The molecule has 7 nitrogen and oxygen atoms in total. The van der Waals surface area contributed by atoms with Gasteiger partial charge in [-0.05, 0) is 49.7 Å². The molecule has 0 saturated heterocycles. The first-order chi connectivity index (χ1) is 14.0. The molecule has 0 aliphatic heterocycles. The largest absolute Gasteiger partial charge is 0.461 e. The maximum absolute atomic E-state index is 12.1. The van der Waals surface area contributed by atoms with Gasteiger partial charge >= 0.3 is 11.7 Å². The van der Waals surface area contributed by atoms with E-state index in [1.54, 1.807) is 18.2 Å². The van der Waals surface area contributed by atoms with Crippen molar-refractivity contribution in [1.82, 2.24) is 14.3 Å². The zero-order valence-electron chi connectivity index (χ0n) is 16.3. The summed E-state index contributed by atoms with van der Waals surface area (Å²) in [7, 11) is 0. The van der Waals surface area contributed by atoms with Crippen LogP contribution in [0, 0.1) is 13.8 Å². The number of rotatable bonds is 6. The van der Waals surface area contributed by atoms with Crippen LogP contribution in [0.2, 0.25) is 0 Å². The van der Waals surface area contributed by atoms with E-state index in [1.165, 1.54) is 4.57 Å². The van der Waals surface area contributed by atoms with Crippen LogP contribution >= 0.6 is 0 Å². The van der Waals surface area contributed by atoms with Gasteiger partial charge in [0.15, 0.2) is 5.58 Å². The second-order valence-electron chi connectivity index (χ2n) is 6.90. The van der Waals surface area contributed by atoms with Crippen molar-refractivity contribution in [3.05, 3.63) is 82.1 Å². The molecule has 0 fully saturated rings. The highest BCUT2D eigenvalue weighted by Crippen LogP contribution is 2.15. The number of benzene rings is 2. The third kappa shape index (κ3) is 3.99. The van der Waals surface area contributed by atoms with E-state index in [1.807, 2.05) is 54.9 Å². The average Bonchev–Trinajstić information content (AvgIpc) is 3.22. The number of ether oxygens (including phenoxy) is 1. The van der Waals surface area contributed by atoms with Crippen molar-refractivity contribution < 1.29 is 13.9 Å². The van der Waals surface area contributed by atoms with Gasteiger partial charge in [0.2, 0.25) is 0 Å². The van der Waals surface area contributed by atoms with E-state index in [2.05, 4.69) is 5.10 Å². The number of oxazole rings is 1. The molecule has 2 aromatic carbocycles. The molecule has 0 unspecified atom stereocenters. The zero-order chi connectivity index (χ0) is 20.4. The number of carbonyl (C=O) groups excluding carboxylic acids is 1. The molecule has 0 aliphatic carbocycles. The van der Waals surface area contributed by atoms with Crippen molar-refractivity contribution in [2.24, 2.45) is 0 Å². The Morgan fingerprint density at radius 3 is 2.59 bits per heavy atom. The lowest BCUT2D eigenvalue weighted by molar-refractivity contribution is -0.145. The monoisotopic (exact) mass is 391 g/mol. The molecular formula is C22H21N3O4. The fourth-order valence-electron chi connectivity index (χ4n) is 3.29. The number of hydrogen-bond acceptors (Lipinski definition) is 5. The van der Waals surface area contributed by atoms with Crippen LogP contribution < -0.4 is 5.76 Å². The van der Waals surface area contributed by atoms with Gasteiger partial charge in [-0.1, -0.05) is 24.3 Å². The van der Waals surface area contributed by atoms with E-state index in [4.69, 9.17) is 9.15 Å². The molecule has 0 N–H and O–H groups in total. The number of para-hydroxylation sites is 2. The van der Waals surface area contributed by atoms with Crippen molar-refractivity contribution >= 4 is 17.1 Å². The predicted octanol–water partition coefficient (Wildman–Crippen LogP) is 3.53. The molecule has 0 aliphatic rings. The van der Waals surface area contributed by atoms with Crippen molar-refractivity contribution in [3.63, 3.8) is 0 Å². The number of aryl methyl sites for hydroxylation is 3. The van der Waals surface area contributed by atoms with Crippen LogP contribution in [-0.4, -0.2) is 20.3 Å². The molecule has 0 bridgehead atoms. The molecule has 2 heterocycles. The normalized spacial score (nSPS) is 11.1. The van der Waals surface area contributed by atoms with Gasteiger partial charge < -0.3 is 9.15 Å². The number of nitrogens with zero attached hydrogens (tertiary/aromatic N) is 3. The topological polar surface area (TPSA) is 79.3 Å². The first-order valence-electron chi connectivity index (χ1n) is 9.38. The molecule has 0 spiro atoms. The van der Waals surface area contributed by atoms with Gasteiger partial charge in [-0.2, -0.15) is 5.10 Å². The lowest BCUT2D eigenvalue weighted by Crippen LogP contribution is -2.17. The number of aromatic nitrogens is 3. The third-order valence-corrected chi connectivity index (χ3v) is 4.70. The molecule has 0 atom stereocenters. The highest BCUT2D eigenvalue weighted by atomic mass is 16.5. The summed E-state index contributed by atoms with van der Waals surface area (Å²) >= 11 is 0. The molecule has 7 heteroatoms. The van der Waals surface area contributed by atoms with Gasteiger partial charge in [-0.25, -0.2) is 9.48 Å². The molecule has 0 amide bonds. The van der Waals surface area contributed by atoms with E-state index in [-0.39, 0.29) is 25.5 Å². The molecule has 0 radical (unpaired) electrons. The highest BCUT2D eigenvalue weighted by molar-refractivity contribution is 5.73. The number of carbonyl (C=O) groups is 1. The molecular weight excluding hydrogens is 370 g/mol. The molecule has 4 aromatic rings. The summed E-state index contributed by atoms with van der Waals surface area (Å²) in [6.07, 6.45) is 0.0906. The zero-order valence-corrected chi connectivity index (χ0v) is 16.3. The Bertz CT molecular complexity index is 1220. The third-order valence-electron chi connectivity index (χ3n) is 4.70. The first-order valence-corrected chi connectivity index (χ1v) is 9.38. The van der Waals surface area contributed by atoms with Crippen LogP contribution in [0.1, 0.15) is 23.4 Å². The summed E-state index contributed by atoms with van der Waals surface area (Å²) in [5.41, 5.74) is 5.04. The maximum atomic E-state index is 12.1. The highest BCUT2D eigenvalue weighted by Gasteiger charge is 2.11. The minimum absolute atomic E-state index is 0.0906. The number of esters is 1. The Morgan fingerprint density at radius 1 is 1.10 bits per heavy atom. The molecule has 2 aromatic heterocycles. The lowest BCUT2D eigenvalue weighted by Gasteiger charge is -2.08. The minimum Gasteiger partial charge on any atom is -0.461 e. The van der Waals surface area contributed by atoms with Crippen LogP contribution in [-0.2, 0) is 22.7 Å². The van der Waals surface area contributed by atoms with Crippen LogP contribution in [0.5, 0.6) is 0 Å². The first kappa shape index (κ1) is 18.7. The molecule has 0 saturated carbocycles. The minimum atomic E-state index is -0.473. The van der Waals surface area contributed by atoms with Crippen molar-refractivity contribution in [2.45, 2.75) is 33.4 Å². The Hall–Kier alpha value is -3.61. The van der Waals surface area contributed by atoms with E-state index in [9.17, 15) is 9.59 Å². The fourth-order valence-corrected chi connectivity index (χ4v) is 3.29. The van der Waals surface area contributed by atoms with Crippen LogP contribution in [0.25, 0.3) is 16.8 Å². The SMILES string of the molecule is Cc1cc(C)n(-c2ccc(COC(=O)CCn3c(=O)oc4ccccc43)cc2)n1. The molecule has 4 rings (SSSR count). The predicted molar refractivity (Wildman–Crippen MR) is 108 cm³/mol. The van der Waals surface area contributed by atoms with Crippen molar-refractivity contribution in [1.29, 1.82) is 0 Å². The molecule has 29 heavy (non-hydrogen) atoms. The standard InChI is InChI=1S/C22H21N3O4/c1-15-13-16(2)25(23-15)18-9-7-17(8-10-18)14-28-21(26)11-12-24-19-5-3-4-6-20(19)29-22(24)27/h3-10,13H,11-12,14H2,1-2H3. The quantitative estimate of drug-likeness (QED) is 0.470. The second kappa shape index (κ2) is 7.79. The van der Waals surface area contributed by atoms with Gasteiger partial charge in [0.05, 0.1) is 23.3 Å². The van der Waals surface area contributed by atoms with Crippen LogP contribution in [0.15, 0.2) is 63.8 Å². The van der Waals surface area contributed by atoms with Crippen molar-refractivity contribution in [2.75, 3.05) is 0 Å². The summed E-state index contributed by atoms with van der Waals surface area (Å²) in [6, 6.07) is 16.9. The average molecular weight is 391 g/mol. The van der Waals surface area contributed by atoms with E-state index < -0.39 is 5.76 Å². The Labute approximate surface area is 167 Å². The smallest absolute Gasteiger partial charge is 0.419 e. The summed E-state index contributed by atoms with van der Waals surface area (Å²) < 4.78 is 13.8. The van der Waals surface area contributed by atoms with Gasteiger partial charge in [0.25, 0.3) is 0 Å².